The van der Waals surface area contributed by atoms with Gasteiger partial charge in [-0.15, -0.1) is 0 Å². The van der Waals surface area contributed by atoms with Gasteiger partial charge in [-0.25, -0.2) is 4.98 Å². The molecule has 1 aromatic rings. The van der Waals surface area contributed by atoms with Crippen LogP contribution in [0.25, 0.3) is 0 Å². The molecule has 0 aromatic carbocycles. The molecule has 1 atom stereocenters. The minimum atomic E-state index is -0.441. The van der Waals surface area contributed by atoms with Crippen molar-refractivity contribution in [3.63, 3.8) is 0 Å². The number of rotatable bonds is 8. The second-order valence-electron chi connectivity index (χ2n) is 4.71. The first kappa shape index (κ1) is 15.2. The maximum absolute atomic E-state index is 10.4. The molecule has 0 spiro atoms. The molecule has 0 aliphatic rings. The van der Waals surface area contributed by atoms with Crippen LogP contribution in [0.3, 0.4) is 0 Å². The summed E-state index contributed by atoms with van der Waals surface area (Å²) < 4.78 is 7.81. The number of aryl methyl sites for hydroxylation is 2. The summed E-state index contributed by atoms with van der Waals surface area (Å²) in [7, 11) is 1.98. The molecule has 104 valence electrons. The highest BCUT2D eigenvalue weighted by atomic mass is 16.5. The van der Waals surface area contributed by atoms with E-state index >= 15 is 0 Å². The van der Waals surface area contributed by atoms with Crippen molar-refractivity contribution in [2.45, 2.75) is 58.2 Å². The van der Waals surface area contributed by atoms with Crippen LogP contribution in [0.4, 0.5) is 0 Å². The number of imidazole rings is 1. The molecule has 1 unspecified atom stereocenters. The Hall–Kier alpha value is -0.870. The Morgan fingerprint density at radius 2 is 2.06 bits per heavy atom. The number of hydrogen-bond donors (Lipinski definition) is 1. The van der Waals surface area contributed by atoms with Gasteiger partial charge in [0.15, 0.2) is 0 Å². The van der Waals surface area contributed by atoms with E-state index in [0.717, 1.165) is 25.1 Å². The van der Waals surface area contributed by atoms with E-state index in [2.05, 4.69) is 18.8 Å². The van der Waals surface area contributed by atoms with Crippen LogP contribution >= 0.6 is 0 Å². The van der Waals surface area contributed by atoms with Crippen LogP contribution in [0.5, 0.6) is 0 Å². The van der Waals surface area contributed by atoms with Gasteiger partial charge in [0, 0.05) is 32.5 Å². The summed E-state index contributed by atoms with van der Waals surface area (Å²) in [5, 5.41) is 10.4. The first-order chi connectivity index (χ1) is 8.59. The lowest BCUT2D eigenvalue weighted by molar-refractivity contribution is -0.127. The molecule has 0 radical (unpaired) electrons. The van der Waals surface area contributed by atoms with Crippen molar-refractivity contribution in [3.05, 3.63) is 18.2 Å². The van der Waals surface area contributed by atoms with Gasteiger partial charge in [0.2, 0.25) is 0 Å². The van der Waals surface area contributed by atoms with Crippen LogP contribution in [-0.2, 0) is 18.2 Å². The molecule has 0 saturated carbocycles. The Bertz CT molecular complexity index is 345. The Balaban J connectivity index is 2.62. The molecule has 0 saturated heterocycles. The molecule has 0 amide bonds. The summed E-state index contributed by atoms with van der Waals surface area (Å²) in [5.74, 6) is 1.01. The van der Waals surface area contributed by atoms with E-state index in [9.17, 15) is 5.11 Å². The van der Waals surface area contributed by atoms with E-state index in [4.69, 9.17) is 4.74 Å². The third-order valence-corrected chi connectivity index (χ3v) is 3.80. The van der Waals surface area contributed by atoms with Gasteiger partial charge in [0.05, 0.1) is 11.7 Å². The SMILES string of the molecule is CCOC(CC)(CC)C(O)CCc1nccn1C. The number of ether oxygens (including phenoxy) is 1. The number of aromatic nitrogens is 2. The monoisotopic (exact) mass is 254 g/mol. The fraction of sp³-hybridized carbons (Fsp3) is 0.786. The quantitative estimate of drug-likeness (QED) is 0.774. The molecule has 4 heteroatoms. The number of aliphatic hydroxyl groups is 1. The fourth-order valence-electron chi connectivity index (χ4n) is 2.48. The van der Waals surface area contributed by atoms with Crippen molar-refractivity contribution >= 4 is 0 Å². The Morgan fingerprint density at radius 3 is 2.50 bits per heavy atom. The highest BCUT2D eigenvalue weighted by Gasteiger charge is 2.35. The minimum absolute atomic E-state index is 0.403. The molecule has 0 aliphatic heterocycles. The molecule has 1 rings (SSSR count). The minimum Gasteiger partial charge on any atom is -0.390 e. The summed E-state index contributed by atoms with van der Waals surface area (Å²) in [6, 6.07) is 0. The molecule has 1 N–H and O–H groups in total. The lowest BCUT2D eigenvalue weighted by Gasteiger charge is -2.36. The standard InChI is InChI=1S/C14H26N2O2/c1-5-14(6-2,18-7-3)12(17)8-9-13-15-10-11-16(13)4/h10-12,17H,5-9H2,1-4H3. The van der Waals surface area contributed by atoms with E-state index in [1.807, 2.05) is 24.7 Å². The average Bonchev–Trinajstić information content (AvgIpc) is 2.79. The molecule has 0 fully saturated rings. The maximum Gasteiger partial charge on any atom is 0.108 e. The smallest absolute Gasteiger partial charge is 0.108 e. The molecule has 1 heterocycles. The first-order valence-corrected chi connectivity index (χ1v) is 6.87. The van der Waals surface area contributed by atoms with Crippen LogP contribution < -0.4 is 0 Å². The van der Waals surface area contributed by atoms with Crippen molar-refractivity contribution in [2.24, 2.45) is 7.05 Å². The van der Waals surface area contributed by atoms with Gasteiger partial charge in [0.1, 0.15) is 5.82 Å². The third kappa shape index (κ3) is 3.33. The van der Waals surface area contributed by atoms with Crippen molar-refractivity contribution in [1.82, 2.24) is 9.55 Å². The fourth-order valence-corrected chi connectivity index (χ4v) is 2.48. The molecule has 0 bridgehead atoms. The first-order valence-electron chi connectivity index (χ1n) is 6.87. The number of hydrogen-bond acceptors (Lipinski definition) is 3. The third-order valence-electron chi connectivity index (χ3n) is 3.80. The zero-order valence-electron chi connectivity index (χ0n) is 12.0. The zero-order valence-corrected chi connectivity index (χ0v) is 12.0. The van der Waals surface area contributed by atoms with Gasteiger partial charge in [-0.3, -0.25) is 0 Å². The van der Waals surface area contributed by atoms with Gasteiger partial charge in [-0.1, -0.05) is 13.8 Å². The van der Waals surface area contributed by atoms with Crippen LogP contribution in [-0.4, -0.2) is 33.0 Å². The molecule has 1 aromatic heterocycles. The highest BCUT2D eigenvalue weighted by molar-refractivity contribution is 4.94. The topological polar surface area (TPSA) is 47.3 Å². The second-order valence-corrected chi connectivity index (χ2v) is 4.71. The van der Waals surface area contributed by atoms with Gasteiger partial charge < -0.3 is 14.4 Å². The van der Waals surface area contributed by atoms with E-state index < -0.39 is 11.7 Å². The van der Waals surface area contributed by atoms with Crippen LogP contribution in [0, 0.1) is 0 Å². The van der Waals surface area contributed by atoms with E-state index in [0.29, 0.717) is 13.0 Å². The second kappa shape index (κ2) is 6.90. The number of aliphatic hydroxyl groups excluding tert-OH is 1. The van der Waals surface area contributed by atoms with Crippen LogP contribution in [0.2, 0.25) is 0 Å². The van der Waals surface area contributed by atoms with Crippen LogP contribution in [0.1, 0.15) is 45.9 Å². The Kier molecular flexibility index (Phi) is 5.82. The maximum atomic E-state index is 10.4. The summed E-state index contributed by atoms with van der Waals surface area (Å²) in [6.45, 7) is 6.76. The van der Waals surface area contributed by atoms with E-state index in [-0.39, 0.29) is 0 Å². The van der Waals surface area contributed by atoms with Crippen LogP contribution in [0.15, 0.2) is 12.4 Å². The predicted octanol–water partition coefficient (Wildman–Crippen LogP) is 2.31. The normalized spacial score (nSPS) is 13.8. The van der Waals surface area contributed by atoms with Crippen molar-refractivity contribution in [1.29, 1.82) is 0 Å². The molecule has 4 nitrogen and oxygen atoms in total. The largest absolute Gasteiger partial charge is 0.390 e. The van der Waals surface area contributed by atoms with Crippen molar-refractivity contribution < 1.29 is 9.84 Å². The summed E-state index contributed by atoms with van der Waals surface area (Å²) in [6.07, 6.45) is 6.41. The van der Waals surface area contributed by atoms with Gasteiger partial charge in [0.25, 0.3) is 0 Å². The number of nitrogens with zero attached hydrogens (tertiary/aromatic N) is 2. The van der Waals surface area contributed by atoms with Gasteiger partial charge in [-0.2, -0.15) is 0 Å². The van der Waals surface area contributed by atoms with E-state index in [1.165, 1.54) is 0 Å². The van der Waals surface area contributed by atoms with E-state index in [1.54, 1.807) is 6.20 Å². The van der Waals surface area contributed by atoms with Crippen molar-refractivity contribution in [3.8, 4) is 0 Å². The van der Waals surface area contributed by atoms with Gasteiger partial charge in [-0.05, 0) is 26.2 Å². The molecule has 0 aliphatic carbocycles. The average molecular weight is 254 g/mol. The summed E-state index contributed by atoms with van der Waals surface area (Å²) >= 11 is 0. The summed E-state index contributed by atoms with van der Waals surface area (Å²) in [4.78, 5) is 4.28. The molecular formula is C14H26N2O2. The predicted molar refractivity (Wildman–Crippen MR) is 72.5 cm³/mol. The molecular weight excluding hydrogens is 228 g/mol. The lowest BCUT2D eigenvalue weighted by atomic mass is 9.87. The zero-order chi connectivity index (χ0) is 13.6. The molecule has 18 heavy (non-hydrogen) atoms. The Labute approximate surface area is 110 Å². The highest BCUT2D eigenvalue weighted by Crippen LogP contribution is 2.27. The summed E-state index contributed by atoms with van der Waals surface area (Å²) in [5.41, 5.74) is -0.403. The van der Waals surface area contributed by atoms with Gasteiger partial charge >= 0.3 is 0 Å². The Morgan fingerprint density at radius 1 is 1.39 bits per heavy atom. The van der Waals surface area contributed by atoms with Crippen molar-refractivity contribution in [2.75, 3.05) is 6.61 Å². The lowest BCUT2D eigenvalue weighted by Crippen LogP contribution is -2.44.